The highest BCUT2D eigenvalue weighted by atomic mass is 19.3. The normalized spacial score (nSPS) is 11.1. The van der Waals surface area contributed by atoms with Crippen LogP contribution in [0.2, 0.25) is 0 Å². The minimum Gasteiger partial charge on any atom is -0.322 e. The monoisotopic (exact) mass is 395 g/mol. The van der Waals surface area contributed by atoms with Gasteiger partial charge >= 0.3 is 0 Å². The van der Waals surface area contributed by atoms with Crippen LogP contribution in [0, 0.1) is 31.3 Å². The number of amides is 1. The quantitative estimate of drug-likeness (QED) is 0.625. The van der Waals surface area contributed by atoms with Gasteiger partial charge in [-0.1, -0.05) is 0 Å². The second kappa shape index (κ2) is 7.41. The Balaban J connectivity index is 1.88. The smallest absolute Gasteiger partial charge is 0.282 e. The molecule has 0 aliphatic heterocycles. The summed E-state index contributed by atoms with van der Waals surface area (Å²) in [6, 6.07) is 6.51. The fourth-order valence-corrected chi connectivity index (χ4v) is 2.72. The lowest BCUT2D eigenvalue weighted by atomic mass is 10.1. The Morgan fingerprint density at radius 2 is 1.64 bits per heavy atom. The molecule has 4 nitrogen and oxygen atoms in total. The molecule has 0 radical (unpaired) electrons. The largest absolute Gasteiger partial charge is 0.322 e. The van der Waals surface area contributed by atoms with E-state index in [0.29, 0.717) is 5.56 Å². The third-order valence-corrected chi connectivity index (χ3v) is 3.98. The molecule has 0 atom stereocenters. The Hall–Kier alpha value is -3.23. The van der Waals surface area contributed by atoms with E-state index in [1.54, 1.807) is 0 Å². The highest BCUT2D eigenvalue weighted by Gasteiger charge is 2.20. The van der Waals surface area contributed by atoms with E-state index in [1.807, 2.05) is 0 Å². The van der Waals surface area contributed by atoms with Gasteiger partial charge in [-0.05, 0) is 55.8 Å². The number of benzene rings is 2. The Kier molecular flexibility index (Phi) is 5.17. The maximum absolute atomic E-state index is 14.4. The molecule has 1 heterocycles. The van der Waals surface area contributed by atoms with Crippen molar-refractivity contribution in [2.24, 2.45) is 0 Å². The Bertz CT molecular complexity index is 1040. The summed E-state index contributed by atoms with van der Waals surface area (Å²) < 4.78 is 68.7. The number of rotatable bonds is 4. The lowest BCUT2D eigenvalue weighted by Crippen LogP contribution is -2.16. The van der Waals surface area contributed by atoms with Crippen LogP contribution in [-0.4, -0.2) is 15.7 Å². The second-order valence-electron chi connectivity index (χ2n) is 6.15. The zero-order valence-corrected chi connectivity index (χ0v) is 14.7. The van der Waals surface area contributed by atoms with Crippen molar-refractivity contribution in [3.63, 3.8) is 0 Å². The predicted molar refractivity (Wildman–Crippen MR) is 92.3 cm³/mol. The average molecular weight is 395 g/mol. The molecule has 1 aromatic heterocycles. The van der Waals surface area contributed by atoms with Crippen molar-refractivity contribution in [3.05, 3.63) is 76.4 Å². The van der Waals surface area contributed by atoms with Gasteiger partial charge in [0.05, 0.1) is 0 Å². The molecular formula is C19H14F5N3O. The molecule has 0 aliphatic rings. The summed E-state index contributed by atoms with van der Waals surface area (Å²) in [5, 5.41) is 5.86. The van der Waals surface area contributed by atoms with Crippen molar-refractivity contribution in [2.45, 2.75) is 20.3 Å². The Morgan fingerprint density at radius 3 is 2.18 bits per heavy atom. The summed E-state index contributed by atoms with van der Waals surface area (Å²) in [5.74, 6) is -4.04. The van der Waals surface area contributed by atoms with Gasteiger partial charge in [0.1, 0.15) is 28.6 Å². The van der Waals surface area contributed by atoms with Crippen molar-refractivity contribution >= 4 is 11.6 Å². The SMILES string of the molecule is Cc1cc(F)c(C(=O)Nc2ccc(-n3nc(C(F)F)cc3C)c(F)c2)c(F)c1. The maximum Gasteiger partial charge on any atom is 0.282 e. The fourth-order valence-electron chi connectivity index (χ4n) is 2.72. The second-order valence-corrected chi connectivity index (χ2v) is 6.15. The maximum atomic E-state index is 14.4. The molecule has 3 aromatic rings. The number of nitrogens with one attached hydrogen (secondary N) is 1. The topological polar surface area (TPSA) is 46.9 Å². The number of carbonyl (C=O) groups is 1. The van der Waals surface area contributed by atoms with Gasteiger partial charge in [-0.2, -0.15) is 5.10 Å². The van der Waals surface area contributed by atoms with Gasteiger partial charge in [0.25, 0.3) is 12.3 Å². The van der Waals surface area contributed by atoms with Crippen molar-refractivity contribution in [1.82, 2.24) is 9.78 Å². The lowest BCUT2D eigenvalue weighted by molar-refractivity contribution is 0.101. The van der Waals surface area contributed by atoms with E-state index in [2.05, 4.69) is 10.4 Å². The molecule has 28 heavy (non-hydrogen) atoms. The van der Waals surface area contributed by atoms with Crippen LogP contribution in [0.25, 0.3) is 5.69 Å². The molecule has 0 saturated carbocycles. The zero-order chi connectivity index (χ0) is 20.6. The van der Waals surface area contributed by atoms with Gasteiger partial charge < -0.3 is 5.32 Å². The van der Waals surface area contributed by atoms with E-state index in [4.69, 9.17) is 0 Å². The van der Waals surface area contributed by atoms with Crippen LogP contribution in [0.15, 0.2) is 36.4 Å². The molecular weight excluding hydrogens is 381 g/mol. The third-order valence-electron chi connectivity index (χ3n) is 3.98. The molecule has 0 fully saturated rings. The van der Waals surface area contributed by atoms with Crippen LogP contribution in [0.5, 0.6) is 0 Å². The van der Waals surface area contributed by atoms with E-state index in [1.165, 1.54) is 26.0 Å². The molecule has 0 saturated heterocycles. The molecule has 1 N–H and O–H groups in total. The molecule has 2 aromatic carbocycles. The molecule has 0 unspecified atom stereocenters. The number of aryl methyl sites for hydroxylation is 2. The van der Waals surface area contributed by atoms with E-state index >= 15 is 0 Å². The van der Waals surface area contributed by atoms with E-state index in [-0.39, 0.29) is 17.1 Å². The number of nitrogens with zero attached hydrogens (tertiary/aromatic N) is 2. The van der Waals surface area contributed by atoms with Crippen LogP contribution in [0.1, 0.15) is 33.7 Å². The molecule has 0 bridgehead atoms. The van der Waals surface area contributed by atoms with Crippen LogP contribution in [-0.2, 0) is 0 Å². The highest BCUT2D eigenvalue weighted by Crippen LogP contribution is 2.24. The van der Waals surface area contributed by atoms with E-state index in [9.17, 15) is 26.7 Å². The predicted octanol–water partition coefficient (Wildman–Crippen LogP) is 5.10. The van der Waals surface area contributed by atoms with Gasteiger partial charge in [-0.15, -0.1) is 0 Å². The van der Waals surface area contributed by atoms with Gasteiger partial charge in [0.15, 0.2) is 5.82 Å². The van der Waals surface area contributed by atoms with Crippen molar-refractivity contribution in [2.75, 3.05) is 5.32 Å². The van der Waals surface area contributed by atoms with Gasteiger partial charge in [0.2, 0.25) is 0 Å². The number of anilines is 1. The van der Waals surface area contributed by atoms with Crippen LogP contribution < -0.4 is 5.32 Å². The first-order valence-corrected chi connectivity index (χ1v) is 8.09. The van der Waals surface area contributed by atoms with Crippen molar-refractivity contribution in [1.29, 1.82) is 0 Å². The van der Waals surface area contributed by atoms with E-state index in [0.717, 1.165) is 28.9 Å². The summed E-state index contributed by atoms with van der Waals surface area (Å²) in [6.07, 6.45) is -2.80. The minimum atomic E-state index is -2.80. The molecule has 1 amide bonds. The standard InChI is InChI=1S/C19H14F5N3O/c1-9-5-13(21)17(14(22)6-9)19(28)25-11-3-4-16(12(20)8-11)27-10(2)7-15(26-27)18(23)24/h3-8,18H,1-2H3,(H,25,28). The Morgan fingerprint density at radius 1 is 1.00 bits per heavy atom. The summed E-state index contributed by atoms with van der Waals surface area (Å²) in [7, 11) is 0. The number of carbonyl (C=O) groups excluding carboxylic acids is 1. The molecule has 0 aliphatic carbocycles. The first-order chi connectivity index (χ1) is 13.2. The average Bonchev–Trinajstić information content (AvgIpc) is 2.96. The minimum absolute atomic E-state index is 0.0653. The molecule has 3 rings (SSSR count). The van der Waals surface area contributed by atoms with Crippen LogP contribution in [0.3, 0.4) is 0 Å². The summed E-state index contributed by atoms with van der Waals surface area (Å²) in [5.41, 5.74) is -0.881. The number of hydrogen-bond acceptors (Lipinski definition) is 2. The summed E-state index contributed by atoms with van der Waals surface area (Å²) >= 11 is 0. The highest BCUT2D eigenvalue weighted by molar-refractivity contribution is 6.04. The van der Waals surface area contributed by atoms with Gasteiger partial charge in [0, 0.05) is 11.4 Å². The van der Waals surface area contributed by atoms with Crippen molar-refractivity contribution in [3.8, 4) is 5.69 Å². The first kappa shape index (κ1) is 19.5. The van der Waals surface area contributed by atoms with E-state index < -0.39 is 41.0 Å². The van der Waals surface area contributed by atoms with Crippen LogP contribution >= 0.6 is 0 Å². The van der Waals surface area contributed by atoms with Crippen LogP contribution in [0.4, 0.5) is 27.6 Å². The molecule has 0 spiro atoms. The summed E-state index contributed by atoms with van der Waals surface area (Å²) in [6.45, 7) is 2.95. The number of alkyl halides is 2. The fraction of sp³-hybridized carbons (Fsp3) is 0.158. The third kappa shape index (κ3) is 3.73. The molecule has 9 heteroatoms. The zero-order valence-electron chi connectivity index (χ0n) is 14.7. The van der Waals surface area contributed by atoms with Gasteiger partial charge in [-0.25, -0.2) is 26.6 Å². The number of aromatic nitrogens is 2. The number of halogens is 5. The lowest BCUT2D eigenvalue weighted by Gasteiger charge is -2.10. The summed E-state index contributed by atoms with van der Waals surface area (Å²) in [4.78, 5) is 12.2. The van der Waals surface area contributed by atoms with Crippen molar-refractivity contribution < 1.29 is 26.7 Å². The number of hydrogen-bond donors (Lipinski definition) is 1. The molecule has 146 valence electrons. The Labute approximate surface area is 156 Å². The van der Waals surface area contributed by atoms with Gasteiger partial charge in [-0.3, -0.25) is 4.79 Å². The first-order valence-electron chi connectivity index (χ1n) is 8.09.